The Morgan fingerprint density at radius 1 is 1.10 bits per heavy atom. The summed E-state index contributed by atoms with van der Waals surface area (Å²) in [4.78, 5) is 26.6. The van der Waals surface area contributed by atoms with Crippen molar-refractivity contribution in [3.05, 3.63) is 27.7 Å². The summed E-state index contributed by atoms with van der Waals surface area (Å²) in [6.07, 6.45) is 3.23. The normalized spacial score (nSPS) is 35.0. The van der Waals surface area contributed by atoms with E-state index in [0.29, 0.717) is 22.5 Å². The van der Waals surface area contributed by atoms with Crippen molar-refractivity contribution >= 4 is 45.0 Å². The van der Waals surface area contributed by atoms with Crippen molar-refractivity contribution in [3.8, 4) is 0 Å². The number of fused-ring (bicyclic) bond motifs is 5. The van der Waals surface area contributed by atoms with Gasteiger partial charge in [0.25, 0.3) is 0 Å². The zero-order chi connectivity index (χ0) is 14.0. The van der Waals surface area contributed by atoms with E-state index in [4.69, 9.17) is 11.6 Å². The maximum absolute atomic E-state index is 12.7. The molecule has 2 saturated carbocycles. The second kappa shape index (κ2) is 4.31. The molecule has 1 saturated heterocycles. The molecule has 0 spiro atoms. The molecule has 1 heterocycles. The van der Waals surface area contributed by atoms with Crippen molar-refractivity contribution in [2.75, 3.05) is 4.90 Å². The first-order valence-electron chi connectivity index (χ1n) is 6.91. The Morgan fingerprint density at radius 3 is 2.25 bits per heavy atom. The van der Waals surface area contributed by atoms with E-state index in [1.807, 2.05) is 6.07 Å². The SMILES string of the molecule is O=C1[C@@H]2[C@@H]3CC[C@H](C3)[C@@H]2C(=O)N1c1ccc(Br)cc1Cl. The fraction of sp³-hybridized carbons (Fsp3) is 0.467. The largest absolute Gasteiger partial charge is 0.274 e. The molecule has 5 heteroatoms. The topological polar surface area (TPSA) is 37.4 Å². The number of hydrogen-bond acceptors (Lipinski definition) is 2. The average molecular weight is 355 g/mol. The van der Waals surface area contributed by atoms with E-state index in [9.17, 15) is 9.59 Å². The van der Waals surface area contributed by atoms with Gasteiger partial charge in [0.1, 0.15) is 0 Å². The third-order valence-corrected chi connectivity index (χ3v) is 5.87. The Bertz CT molecular complexity index is 604. The molecule has 3 nitrogen and oxygen atoms in total. The summed E-state index contributed by atoms with van der Waals surface area (Å²) in [6.45, 7) is 0. The second-order valence-electron chi connectivity index (χ2n) is 5.99. The molecule has 3 aliphatic rings. The van der Waals surface area contributed by atoms with E-state index >= 15 is 0 Å². The van der Waals surface area contributed by atoms with Crippen LogP contribution in [0.15, 0.2) is 22.7 Å². The third kappa shape index (κ3) is 1.58. The molecule has 4 atom stereocenters. The van der Waals surface area contributed by atoms with Crippen LogP contribution in [0.1, 0.15) is 19.3 Å². The molecule has 0 N–H and O–H groups in total. The van der Waals surface area contributed by atoms with Crippen molar-refractivity contribution in [1.82, 2.24) is 0 Å². The van der Waals surface area contributed by atoms with Crippen LogP contribution in [0.3, 0.4) is 0 Å². The fourth-order valence-corrected chi connectivity index (χ4v) is 5.07. The number of nitrogens with zero attached hydrogens (tertiary/aromatic N) is 1. The summed E-state index contributed by atoms with van der Waals surface area (Å²) in [7, 11) is 0. The molecule has 0 aromatic heterocycles. The van der Waals surface area contributed by atoms with Gasteiger partial charge in [-0.2, -0.15) is 0 Å². The molecule has 2 amide bonds. The minimum absolute atomic E-state index is 0.0450. The third-order valence-electron chi connectivity index (χ3n) is 5.08. The van der Waals surface area contributed by atoms with Gasteiger partial charge in [0.15, 0.2) is 0 Å². The van der Waals surface area contributed by atoms with Gasteiger partial charge in [-0.3, -0.25) is 9.59 Å². The van der Waals surface area contributed by atoms with E-state index in [2.05, 4.69) is 15.9 Å². The maximum atomic E-state index is 12.7. The number of amides is 2. The molecule has 1 aromatic carbocycles. The van der Waals surface area contributed by atoms with E-state index in [1.54, 1.807) is 12.1 Å². The number of hydrogen-bond donors (Lipinski definition) is 0. The molecular weight excluding hydrogens is 342 g/mol. The quantitative estimate of drug-likeness (QED) is 0.722. The molecule has 1 aliphatic heterocycles. The average Bonchev–Trinajstić information content (AvgIpc) is 3.06. The van der Waals surface area contributed by atoms with Gasteiger partial charge in [-0.1, -0.05) is 27.5 Å². The van der Waals surface area contributed by atoms with Crippen LogP contribution in [-0.2, 0) is 9.59 Å². The smallest absolute Gasteiger partial charge is 0.238 e. The molecule has 2 bridgehead atoms. The van der Waals surface area contributed by atoms with Crippen LogP contribution in [0.4, 0.5) is 5.69 Å². The lowest BCUT2D eigenvalue weighted by Gasteiger charge is -2.19. The van der Waals surface area contributed by atoms with Gasteiger partial charge in [-0.05, 0) is 49.3 Å². The van der Waals surface area contributed by atoms with Crippen molar-refractivity contribution in [3.63, 3.8) is 0 Å². The first-order chi connectivity index (χ1) is 9.58. The molecule has 104 valence electrons. The van der Waals surface area contributed by atoms with Crippen molar-refractivity contribution in [1.29, 1.82) is 0 Å². The zero-order valence-corrected chi connectivity index (χ0v) is 13.0. The Balaban J connectivity index is 1.77. The van der Waals surface area contributed by atoms with E-state index in [-0.39, 0.29) is 23.7 Å². The van der Waals surface area contributed by atoms with Crippen LogP contribution in [0.5, 0.6) is 0 Å². The number of carbonyl (C=O) groups is 2. The van der Waals surface area contributed by atoms with Gasteiger partial charge in [0.05, 0.1) is 22.5 Å². The van der Waals surface area contributed by atoms with Gasteiger partial charge in [0.2, 0.25) is 11.8 Å². The predicted octanol–water partition coefficient (Wildman–Crippen LogP) is 3.64. The summed E-state index contributed by atoms with van der Waals surface area (Å²) in [5, 5.41) is 0.438. The van der Waals surface area contributed by atoms with Crippen LogP contribution in [0.25, 0.3) is 0 Å². The molecule has 20 heavy (non-hydrogen) atoms. The number of benzene rings is 1. The molecule has 2 aliphatic carbocycles. The lowest BCUT2D eigenvalue weighted by atomic mass is 9.81. The zero-order valence-electron chi connectivity index (χ0n) is 10.7. The summed E-state index contributed by atoms with van der Waals surface area (Å²) in [5.41, 5.74) is 0.527. The standard InChI is InChI=1S/C15H13BrClNO2/c16-9-3-4-11(10(17)6-9)18-14(19)12-7-1-2-8(5-7)13(12)15(18)20/h3-4,6-8,12-13H,1-2,5H2/t7-,8-,12-,13+/m1/s1. The van der Waals surface area contributed by atoms with Crippen LogP contribution in [-0.4, -0.2) is 11.8 Å². The Labute approximate surface area is 130 Å². The van der Waals surface area contributed by atoms with E-state index in [0.717, 1.165) is 23.7 Å². The summed E-state index contributed by atoms with van der Waals surface area (Å²) in [5.74, 6) is 0.524. The number of anilines is 1. The van der Waals surface area contributed by atoms with Crippen molar-refractivity contribution in [2.24, 2.45) is 23.7 Å². The van der Waals surface area contributed by atoms with Crippen LogP contribution in [0.2, 0.25) is 5.02 Å². The van der Waals surface area contributed by atoms with Crippen LogP contribution in [0, 0.1) is 23.7 Å². The van der Waals surface area contributed by atoms with Gasteiger partial charge in [-0.15, -0.1) is 0 Å². The first kappa shape index (κ1) is 12.8. The number of halogens is 2. The lowest BCUT2D eigenvalue weighted by Crippen LogP contribution is -2.32. The molecule has 3 fully saturated rings. The molecule has 0 unspecified atom stereocenters. The highest BCUT2D eigenvalue weighted by molar-refractivity contribution is 9.10. The highest BCUT2D eigenvalue weighted by Gasteiger charge is 2.61. The minimum atomic E-state index is -0.0963. The minimum Gasteiger partial charge on any atom is -0.274 e. The van der Waals surface area contributed by atoms with Crippen LogP contribution < -0.4 is 4.90 Å². The summed E-state index contributed by atoms with van der Waals surface area (Å²) >= 11 is 9.55. The molecule has 0 radical (unpaired) electrons. The Kier molecular flexibility index (Phi) is 2.77. The van der Waals surface area contributed by atoms with E-state index in [1.165, 1.54) is 4.90 Å². The monoisotopic (exact) mass is 353 g/mol. The first-order valence-corrected chi connectivity index (χ1v) is 8.08. The van der Waals surface area contributed by atoms with Crippen molar-refractivity contribution < 1.29 is 9.59 Å². The summed E-state index contributed by atoms with van der Waals surface area (Å²) in [6, 6.07) is 5.27. The molecular formula is C15H13BrClNO2. The second-order valence-corrected chi connectivity index (χ2v) is 7.32. The van der Waals surface area contributed by atoms with Gasteiger partial charge in [0, 0.05) is 4.47 Å². The number of carbonyl (C=O) groups excluding carboxylic acids is 2. The predicted molar refractivity (Wildman–Crippen MR) is 79.5 cm³/mol. The summed E-state index contributed by atoms with van der Waals surface area (Å²) < 4.78 is 0.839. The highest BCUT2D eigenvalue weighted by Crippen LogP contribution is 2.57. The highest BCUT2D eigenvalue weighted by atomic mass is 79.9. The van der Waals surface area contributed by atoms with Gasteiger partial charge >= 0.3 is 0 Å². The Hall–Kier alpha value is -0.870. The molecule has 1 aromatic rings. The number of imide groups is 1. The van der Waals surface area contributed by atoms with E-state index < -0.39 is 0 Å². The van der Waals surface area contributed by atoms with Crippen molar-refractivity contribution in [2.45, 2.75) is 19.3 Å². The maximum Gasteiger partial charge on any atom is 0.238 e. The lowest BCUT2D eigenvalue weighted by molar-refractivity contribution is -0.123. The van der Waals surface area contributed by atoms with Gasteiger partial charge in [-0.25, -0.2) is 4.90 Å². The number of rotatable bonds is 1. The van der Waals surface area contributed by atoms with Gasteiger partial charge < -0.3 is 0 Å². The molecule has 4 rings (SSSR count). The van der Waals surface area contributed by atoms with Crippen LogP contribution >= 0.6 is 27.5 Å². The Morgan fingerprint density at radius 2 is 1.70 bits per heavy atom. The fourth-order valence-electron chi connectivity index (χ4n) is 4.31.